The quantitative estimate of drug-likeness (QED) is 0.201. The van der Waals surface area contributed by atoms with E-state index in [9.17, 15) is 0 Å². The molecule has 2 aromatic heterocycles. The minimum absolute atomic E-state index is 0.861. The van der Waals surface area contributed by atoms with Gasteiger partial charge in [0, 0.05) is 44.5 Å². The van der Waals surface area contributed by atoms with Crippen LogP contribution in [0, 0.1) is 0 Å². The standard InChI is InChI=1S/C44H27NO2/c1-2-10-28(11-3-1)33-13-6-8-16-38(33)45(31-21-18-30-20-25-41-44(37(30)26-31)35-15-7-9-17-39(35)46-41)32-22-23-36-42(27-32)47-40-24-19-29-12-4-5-14-34(29)43(36)40/h1-27H. The van der Waals surface area contributed by atoms with Gasteiger partial charge in [-0.05, 0) is 75.6 Å². The highest BCUT2D eigenvalue weighted by Crippen LogP contribution is 2.45. The van der Waals surface area contributed by atoms with Crippen molar-refractivity contribution in [2.45, 2.75) is 0 Å². The molecule has 0 aliphatic heterocycles. The third-order valence-electron chi connectivity index (χ3n) is 9.43. The van der Waals surface area contributed by atoms with Gasteiger partial charge in [-0.3, -0.25) is 0 Å². The molecule has 8 aromatic carbocycles. The maximum absolute atomic E-state index is 6.56. The highest BCUT2D eigenvalue weighted by Gasteiger charge is 2.20. The molecule has 2 heterocycles. The normalized spacial score (nSPS) is 11.8. The maximum atomic E-state index is 6.56. The van der Waals surface area contributed by atoms with Crippen molar-refractivity contribution in [2.24, 2.45) is 0 Å². The van der Waals surface area contributed by atoms with Crippen molar-refractivity contribution < 1.29 is 8.83 Å². The van der Waals surface area contributed by atoms with E-state index in [0.29, 0.717) is 0 Å². The van der Waals surface area contributed by atoms with E-state index in [1.165, 1.54) is 16.2 Å². The first kappa shape index (κ1) is 26.0. The zero-order valence-electron chi connectivity index (χ0n) is 25.4. The van der Waals surface area contributed by atoms with Crippen molar-refractivity contribution >= 4 is 82.5 Å². The van der Waals surface area contributed by atoms with Gasteiger partial charge in [-0.15, -0.1) is 0 Å². The smallest absolute Gasteiger partial charge is 0.137 e. The van der Waals surface area contributed by atoms with Crippen LogP contribution in [0.5, 0.6) is 0 Å². The molecule has 0 radical (unpaired) electrons. The molecular formula is C44H27NO2. The summed E-state index contributed by atoms with van der Waals surface area (Å²) in [5.41, 5.74) is 9.02. The summed E-state index contributed by atoms with van der Waals surface area (Å²) in [5, 5.41) is 9.26. The molecule has 3 heteroatoms. The Morgan fingerprint density at radius 2 is 0.957 bits per heavy atom. The van der Waals surface area contributed by atoms with Gasteiger partial charge < -0.3 is 13.7 Å². The third-order valence-corrected chi connectivity index (χ3v) is 9.43. The van der Waals surface area contributed by atoms with Crippen LogP contribution in [-0.4, -0.2) is 0 Å². The lowest BCUT2D eigenvalue weighted by Gasteiger charge is -2.28. The Hall–Kier alpha value is -6.32. The van der Waals surface area contributed by atoms with Crippen molar-refractivity contribution in [1.82, 2.24) is 0 Å². The van der Waals surface area contributed by atoms with Crippen LogP contribution < -0.4 is 4.90 Å². The van der Waals surface area contributed by atoms with E-state index >= 15 is 0 Å². The molecular weight excluding hydrogens is 574 g/mol. The molecule has 0 saturated heterocycles. The minimum atomic E-state index is 0.861. The van der Waals surface area contributed by atoms with E-state index in [-0.39, 0.29) is 0 Å². The predicted molar refractivity (Wildman–Crippen MR) is 196 cm³/mol. The van der Waals surface area contributed by atoms with E-state index in [4.69, 9.17) is 8.83 Å². The number of hydrogen-bond donors (Lipinski definition) is 0. The van der Waals surface area contributed by atoms with Crippen LogP contribution in [0.4, 0.5) is 17.1 Å². The number of hydrogen-bond acceptors (Lipinski definition) is 3. The Kier molecular flexibility index (Phi) is 5.57. The Morgan fingerprint density at radius 1 is 0.362 bits per heavy atom. The van der Waals surface area contributed by atoms with Gasteiger partial charge in [-0.2, -0.15) is 0 Å². The van der Waals surface area contributed by atoms with Crippen molar-refractivity contribution in [3.63, 3.8) is 0 Å². The van der Waals surface area contributed by atoms with Gasteiger partial charge >= 0.3 is 0 Å². The second kappa shape index (κ2) is 10.1. The van der Waals surface area contributed by atoms with Crippen molar-refractivity contribution in [3.8, 4) is 11.1 Å². The van der Waals surface area contributed by atoms with E-state index in [1.54, 1.807) is 0 Å². The van der Waals surface area contributed by atoms with Crippen molar-refractivity contribution in [3.05, 3.63) is 164 Å². The molecule has 0 amide bonds. The number of anilines is 3. The summed E-state index contributed by atoms with van der Waals surface area (Å²) < 4.78 is 12.9. The van der Waals surface area contributed by atoms with Crippen molar-refractivity contribution in [1.29, 1.82) is 0 Å². The summed E-state index contributed by atoms with van der Waals surface area (Å²) in [5.74, 6) is 0. The molecule has 0 bridgehead atoms. The van der Waals surface area contributed by atoms with Gasteiger partial charge in [-0.1, -0.05) is 109 Å². The summed E-state index contributed by atoms with van der Waals surface area (Å²) in [7, 11) is 0. The minimum Gasteiger partial charge on any atom is -0.456 e. The molecule has 10 aromatic rings. The first-order valence-electron chi connectivity index (χ1n) is 15.9. The number of nitrogens with zero attached hydrogens (tertiary/aromatic N) is 1. The lowest BCUT2D eigenvalue weighted by Crippen LogP contribution is -2.11. The average Bonchev–Trinajstić information content (AvgIpc) is 3.71. The average molecular weight is 602 g/mol. The summed E-state index contributed by atoms with van der Waals surface area (Å²) in [6, 6.07) is 57.8. The van der Waals surface area contributed by atoms with E-state index < -0.39 is 0 Å². The van der Waals surface area contributed by atoms with E-state index in [2.05, 4.69) is 157 Å². The van der Waals surface area contributed by atoms with Crippen LogP contribution in [0.1, 0.15) is 0 Å². The summed E-state index contributed by atoms with van der Waals surface area (Å²) in [6.07, 6.45) is 0. The number of benzene rings is 8. The SMILES string of the molecule is c1ccc(-c2ccccc2N(c2ccc3c(c2)oc2ccc4ccccc4c23)c2ccc3ccc4oc5ccccc5c4c3c2)cc1. The van der Waals surface area contributed by atoms with Crippen LogP contribution in [-0.2, 0) is 0 Å². The molecule has 0 spiro atoms. The largest absolute Gasteiger partial charge is 0.456 e. The van der Waals surface area contributed by atoms with Gasteiger partial charge in [-0.25, -0.2) is 0 Å². The van der Waals surface area contributed by atoms with Crippen LogP contribution in [0.2, 0.25) is 0 Å². The Bertz CT molecular complexity index is 2810. The van der Waals surface area contributed by atoms with Crippen LogP contribution in [0.15, 0.2) is 173 Å². The van der Waals surface area contributed by atoms with Crippen LogP contribution >= 0.6 is 0 Å². The Balaban J connectivity index is 1.25. The number of furan rings is 2. The number of para-hydroxylation sites is 2. The summed E-state index contributed by atoms with van der Waals surface area (Å²) in [4.78, 5) is 2.35. The van der Waals surface area contributed by atoms with Gasteiger partial charge in [0.2, 0.25) is 0 Å². The molecule has 0 saturated carbocycles. The lowest BCUT2D eigenvalue weighted by atomic mass is 9.99. The topological polar surface area (TPSA) is 29.5 Å². The molecule has 0 atom stereocenters. The van der Waals surface area contributed by atoms with Gasteiger partial charge in [0.15, 0.2) is 0 Å². The molecule has 0 aliphatic carbocycles. The molecule has 0 fully saturated rings. The molecule has 0 N–H and O–H groups in total. The number of fused-ring (bicyclic) bond motifs is 10. The maximum Gasteiger partial charge on any atom is 0.137 e. The second-order valence-corrected chi connectivity index (χ2v) is 12.1. The molecule has 10 rings (SSSR count). The molecule has 47 heavy (non-hydrogen) atoms. The fourth-order valence-electron chi connectivity index (χ4n) is 7.30. The Labute approximate surface area is 270 Å². The zero-order chi connectivity index (χ0) is 30.9. The van der Waals surface area contributed by atoms with Crippen LogP contribution in [0.3, 0.4) is 0 Å². The van der Waals surface area contributed by atoms with E-state index in [1.807, 2.05) is 12.1 Å². The second-order valence-electron chi connectivity index (χ2n) is 12.1. The molecule has 0 unspecified atom stereocenters. The third kappa shape index (κ3) is 4.00. The van der Waals surface area contributed by atoms with Gasteiger partial charge in [0.05, 0.1) is 5.69 Å². The monoisotopic (exact) mass is 601 g/mol. The molecule has 3 nitrogen and oxygen atoms in total. The fourth-order valence-corrected chi connectivity index (χ4v) is 7.30. The predicted octanol–water partition coefficient (Wildman–Crippen LogP) is 12.9. The van der Waals surface area contributed by atoms with Gasteiger partial charge in [0.25, 0.3) is 0 Å². The first-order valence-corrected chi connectivity index (χ1v) is 15.9. The molecule has 220 valence electrons. The first-order chi connectivity index (χ1) is 23.3. The van der Waals surface area contributed by atoms with Gasteiger partial charge in [0.1, 0.15) is 22.3 Å². The van der Waals surface area contributed by atoms with E-state index in [0.717, 1.165) is 77.5 Å². The summed E-state index contributed by atoms with van der Waals surface area (Å²) >= 11 is 0. The number of rotatable bonds is 4. The molecule has 0 aliphatic rings. The summed E-state index contributed by atoms with van der Waals surface area (Å²) in [6.45, 7) is 0. The fraction of sp³-hybridized carbons (Fsp3) is 0. The van der Waals surface area contributed by atoms with Crippen LogP contribution in [0.25, 0.3) is 76.5 Å². The zero-order valence-corrected chi connectivity index (χ0v) is 25.4. The Morgan fingerprint density at radius 3 is 1.83 bits per heavy atom. The van der Waals surface area contributed by atoms with Crippen molar-refractivity contribution in [2.75, 3.05) is 4.90 Å². The highest BCUT2D eigenvalue weighted by molar-refractivity contribution is 6.20. The highest BCUT2D eigenvalue weighted by atomic mass is 16.3. The lowest BCUT2D eigenvalue weighted by molar-refractivity contribution is 0.669.